The quantitative estimate of drug-likeness (QED) is 0.145. The van der Waals surface area contributed by atoms with Gasteiger partial charge in [0.15, 0.2) is 0 Å². The van der Waals surface area contributed by atoms with Gasteiger partial charge in [0.05, 0.1) is 27.9 Å². The molecular weight excluding hydrogens is 675 g/mol. The van der Waals surface area contributed by atoms with Crippen molar-refractivity contribution in [2.45, 2.75) is 51.2 Å². The van der Waals surface area contributed by atoms with Gasteiger partial charge in [0.2, 0.25) is 0 Å². The Bertz CT molecular complexity index is 2370. The number of nitrogens with zero attached hydrogens (tertiary/aromatic N) is 2. The molecule has 2 aliphatic rings. The van der Waals surface area contributed by atoms with Crippen molar-refractivity contribution in [3.63, 3.8) is 0 Å². The highest BCUT2D eigenvalue weighted by Crippen LogP contribution is 2.49. The molecule has 0 heterocycles. The molecular formula is C46H44F2N2Si2. The predicted octanol–water partition coefficient (Wildman–Crippen LogP) is 12.0. The Hall–Kier alpha value is -5.05. The summed E-state index contributed by atoms with van der Waals surface area (Å²) in [6, 6.07) is 40.2. The zero-order valence-corrected chi connectivity index (χ0v) is 32.7. The molecule has 0 radical (unpaired) electrons. The molecule has 2 aliphatic carbocycles. The van der Waals surface area contributed by atoms with E-state index in [1.807, 2.05) is 12.1 Å². The number of rotatable bonds is 8. The first-order valence-electron chi connectivity index (χ1n) is 18.1. The van der Waals surface area contributed by atoms with E-state index in [4.69, 9.17) is 0 Å². The number of benzene rings is 6. The monoisotopic (exact) mass is 718 g/mol. The third kappa shape index (κ3) is 6.14. The van der Waals surface area contributed by atoms with E-state index in [-0.39, 0.29) is 23.6 Å². The van der Waals surface area contributed by atoms with E-state index >= 15 is 0 Å². The van der Waals surface area contributed by atoms with Crippen molar-refractivity contribution in [2.24, 2.45) is 0 Å². The molecule has 6 heteroatoms. The van der Waals surface area contributed by atoms with Crippen molar-refractivity contribution < 1.29 is 8.78 Å². The molecule has 0 saturated heterocycles. The molecule has 0 saturated carbocycles. The van der Waals surface area contributed by atoms with E-state index < -0.39 is 16.1 Å². The third-order valence-electron chi connectivity index (χ3n) is 10.6. The first-order chi connectivity index (χ1) is 24.9. The number of hydrogen-bond acceptors (Lipinski definition) is 2. The van der Waals surface area contributed by atoms with Gasteiger partial charge in [-0.05, 0) is 88.8 Å². The number of hydrogen-bond donors (Lipinski definition) is 0. The first kappa shape index (κ1) is 34.1. The fourth-order valence-electron chi connectivity index (χ4n) is 7.89. The molecule has 0 aromatic heterocycles. The maximum Gasteiger partial charge on any atom is 0.125 e. The number of halogens is 2. The fraction of sp³-hybridized carbons (Fsp3) is 0.174. The molecule has 2 unspecified atom stereocenters. The van der Waals surface area contributed by atoms with E-state index in [1.165, 1.54) is 39.0 Å². The van der Waals surface area contributed by atoms with Gasteiger partial charge in [-0.1, -0.05) is 129 Å². The highest BCUT2D eigenvalue weighted by atomic mass is 28.3. The lowest BCUT2D eigenvalue weighted by atomic mass is 9.75. The molecule has 0 N–H and O–H groups in total. The molecule has 6 aromatic rings. The second-order valence-corrected chi connectivity index (χ2v) is 26.3. The van der Waals surface area contributed by atoms with Crippen LogP contribution in [0.2, 0.25) is 39.3 Å². The molecule has 2 atom stereocenters. The Labute approximate surface area is 308 Å². The average Bonchev–Trinajstić information content (AvgIpc) is 3.11. The van der Waals surface area contributed by atoms with E-state index in [2.05, 4.69) is 146 Å². The molecule has 0 bridgehead atoms. The minimum atomic E-state index is -1.52. The molecule has 2 nitrogen and oxygen atoms in total. The molecule has 6 aromatic carbocycles. The molecule has 0 fully saturated rings. The Morgan fingerprint density at radius 1 is 0.519 bits per heavy atom. The molecule has 0 amide bonds. The van der Waals surface area contributed by atoms with Crippen LogP contribution in [0, 0.1) is 11.6 Å². The molecule has 260 valence electrons. The van der Waals surface area contributed by atoms with Crippen LogP contribution in [0.5, 0.6) is 0 Å². The van der Waals surface area contributed by atoms with Crippen molar-refractivity contribution in [2.75, 3.05) is 9.80 Å². The smallest absolute Gasteiger partial charge is 0.125 e. The highest BCUT2D eigenvalue weighted by molar-refractivity contribution is 6.89. The van der Waals surface area contributed by atoms with Crippen LogP contribution >= 0.6 is 0 Å². The van der Waals surface area contributed by atoms with Crippen LogP contribution in [0.4, 0.5) is 37.2 Å². The van der Waals surface area contributed by atoms with E-state index in [1.54, 1.807) is 24.3 Å². The van der Waals surface area contributed by atoms with Crippen LogP contribution in [-0.2, 0) is 0 Å². The predicted molar refractivity (Wildman–Crippen MR) is 224 cm³/mol. The van der Waals surface area contributed by atoms with Crippen LogP contribution in [0.25, 0.3) is 22.9 Å². The van der Waals surface area contributed by atoms with Crippen LogP contribution in [0.3, 0.4) is 0 Å². The van der Waals surface area contributed by atoms with Gasteiger partial charge in [0.25, 0.3) is 0 Å². The van der Waals surface area contributed by atoms with Gasteiger partial charge in [0, 0.05) is 34.1 Å². The van der Waals surface area contributed by atoms with Crippen molar-refractivity contribution in [3.05, 3.63) is 162 Å². The van der Waals surface area contributed by atoms with Crippen molar-refractivity contribution >= 4 is 77.9 Å². The summed E-state index contributed by atoms with van der Waals surface area (Å²) in [6.07, 6.45) is 9.06. The SMILES string of the molecule is C[Si](C)(C)c1ccc(N(c2cccc(F)c2)c2ccc3c4c5c(ccc24)C=CC(N(c2ccc([Si](C)(C)C)cc2)c2cccc(F)c2)C5C=C3)cc1. The summed E-state index contributed by atoms with van der Waals surface area (Å²) in [5.41, 5.74) is 8.21. The lowest BCUT2D eigenvalue weighted by Gasteiger charge is -2.41. The summed E-state index contributed by atoms with van der Waals surface area (Å²) >= 11 is 0. The van der Waals surface area contributed by atoms with Crippen molar-refractivity contribution in [3.8, 4) is 0 Å². The summed E-state index contributed by atoms with van der Waals surface area (Å²) in [6.45, 7) is 14.1. The van der Waals surface area contributed by atoms with Crippen LogP contribution in [0.1, 0.15) is 22.6 Å². The van der Waals surface area contributed by atoms with Gasteiger partial charge in [0.1, 0.15) is 11.6 Å². The standard InChI is InChI=1S/C46H44F2N2Si2/c1-51(2,3)39-21-17-35(18-22-39)49(37-11-7-9-33(47)29-37)43-27-15-31-14-26-42-44(28-16-32-13-25-41(43)45(31)46(32)42)50(38-12-8-10-34(48)30-38)36-19-23-40(24-20-36)52(4,5)6/h7-30,41,43H,1-6H3. The maximum absolute atomic E-state index is 14.9. The zero-order valence-electron chi connectivity index (χ0n) is 30.7. The molecule has 52 heavy (non-hydrogen) atoms. The minimum absolute atomic E-state index is 0.00466. The maximum atomic E-state index is 14.9. The van der Waals surface area contributed by atoms with E-state index in [0.717, 1.165) is 39.4 Å². The first-order valence-corrected chi connectivity index (χ1v) is 25.1. The van der Waals surface area contributed by atoms with Crippen molar-refractivity contribution in [1.29, 1.82) is 0 Å². The van der Waals surface area contributed by atoms with Gasteiger partial charge in [-0.2, -0.15) is 0 Å². The average molecular weight is 719 g/mol. The fourth-order valence-corrected chi connectivity index (χ4v) is 10.2. The Kier molecular flexibility index (Phi) is 8.43. The summed E-state index contributed by atoms with van der Waals surface area (Å²) in [5.74, 6) is -0.523. The summed E-state index contributed by atoms with van der Waals surface area (Å²) in [4.78, 5) is 4.48. The Balaban J connectivity index is 1.29. The largest absolute Gasteiger partial charge is 0.333 e. The minimum Gasteiger partial charge on any atom is -0.333 e. The lowest BCUT2D eigenvalue weighted by molar-refractivity contribution is 0.625. The molecule has 0 spiro atoms. The van der Waals surface area contributed by atoms with Gasteiger partial charge in [-0.15, -0.1) is 0 Å². The summed E-state index contributed by atoms with van der Waals surface area (Å²) in [7, 11) is -3.04. The van der Waals surface area contributed by atoms with E-state index in [0.29, 0.717) is 0 Å². The topological polar surface area (TPSA) is 6.48 Å². The molecule has 8 rings (SSSR count). The van der Waals surface area contributed by atoms with Gasteiger partial charge < -0.3 is 9.80 Å². The van der Waals surface area contributed by atoms with Crippen molar-refractivity contribution in [1.82, 2.24) is 0 Å². The number of anilines is 5. The highest BCUT2D eigenvalue weighted by Gasteiger charge is 2.35. The zero-order chi connectivity index (χ0) is 36.4. The molecule has 0 aliphatic heterocycles. The Morgan fingerprint density at radius 3 is 1.69 bits per heavy atom. The van der Waals surface area contributed by atoms with E-state index in [9.17, 15) is 8.78 Å². The second-order valence-electron chi connectivity index (χ2n) is 16.2. The van der Waals surface area contributed by atoms with Crippen LogP contribution in [0.15, 0.2) is 133 Å². The van der Waals surface area contributed by atoms with Crippen LogP contribution < -0.4 is 20.2 Å². The Morgan fingerprint density at radius 2 is 1.08 bits per heavy atom. The van der Waals surface area contributed by atoms with Gasteiger partial charge in [-0.3, -0.25) is 0 Å². The van der Waals surface area contributed by atoms with Crippen LogP contribution in [-0.4, -0.2) is 22.2 Å². The second kappa shape index (κ2) is 12.9. The van der Waals surface area contributed by atoms with Gasteiger partial charge >= 0.3 is 0 Å². The lowest BCUT2D eigenvalue weighted by Crippen LogP contribution is -2.39. The summed E-state index contributed by atoms with van der Waals surface area (Å²) < 4.78 is 29.8. The van der Waals surface area contributed by atoms with Gasteiger partial charge in [-0.25, -0.2) is 8.78 Å². The summed E-state index contributed by atoms with van der Waals surface area (Å²) in [5, 5.41) is 5.07. The third-order valence-corrected chi connectivity index (χ3v) is 14.7. The normalized spacial score (nSPS) is 16.3.